The molecule has 3 rings (SSSR count). The number of benzene rings is 1. The number of aryl methyl sites for hydroxylation is 1. The highest BCUT2D eigenvalue weighted by molar-refractivity contribution is 5.87. The second-order valence-electron chi connectivity index (χ2n) is 4.46. The third kappa shape index (κ3) is 1.32. The number of hydrogen-bond donors (Lipinski definition) is 0. The van der Waals surface area contributed by atoms with Gasteiger partial charge < -0.3 is 4.57 Å². The zero-order chi connectivity index (χ0) is 11.1. The van der Waals surface area contributed by atoms with E-state index in [1.807, 2.05) is 0 Å². The van der Waals surface area contributed by atoms with Gasteiger partial charge in [-0.3, -0.25) is 0 Å². The first-order chi connectivity index (χ1) is 7.75. The summed E-state index contributed by atoms with van der Waals surface area (Å²) >= 11 is 0. The van der Waals surface area contributed by atoms with Crippen molar-refractivity contribution < 1.29 is 0 Å². The average Bonchev–Trinajstić information content (AvgIpc) is 2.84. The molecular weight excluding hydrogens is 194 g/mol. The van der Waals surface area contributed by atoms with Crippen molar-refractivity contribution in [1.29, 1.82) is 0 Å². The van der Waals surface area contributed by atoms with Gasteiger partial charge in [-0.05, 0) is 41.8 Å². The topological polar surface area (TPSA) is 4.93 Å². The summed E-state index contributed by atoms with van der Waals surface area (Å²) in [6, 6.07) is 13.0. The van der Waals surface area contributed by atoms with Gasteiger partial charge in [0.2, 0.25) is 0 Å². The maximum atomic E-state index is 2.31. The highest BCUT2D eigenvalue weighted by atomic mass is 14.9. The van der Waals surface area contributed by atoms with Crippen molar-refractivity contribution in [2.75, 3.05) is 0 Å². The second-order valence-corrected chi connectivity index (χ2v) is 4.46. The minimum Gasteiger partial charge on any atom is -0.348 e. The van der Waals surface area contributed by atoms with E-state index in [0.29, 0.717) is 0 Å². The van der Waals surface area contributed by atoms with Crippen LogP contribution in [-0.2, 0) is 13.5 Å². The monoisotopic (exact) mass is 209 g/mol. The molecule has 0 N–H and O–H groups in total. The first-order valence-corrected chi connectivity index (χ1v) is 5.67. The van der Waals surface area contributed by atoms with Crippen LogP contribution in [-0.4, -0.2) is 4.57 Å². The summed E-state index contributed by atoms with van der Waals surface area (Å²) in [4.78, 5) is 0. The number of fused-ring (bicyclic) bond motifs is 1. The minimum atomic E-state index is 1.06. The van der Waals surface area contributed by atoms with Gasteiger partial charge in [0.1, 0.15) is 0 Å². The number of rotatable bonds is 1. The molecule has 1 aliphatic carbocycles. The fraction of sp³-hybridized carbons (Fsp3) is 0.200. The summed E-state index contributed by atoms with van der Waals surface area (Å²) in [6.07, 6.45) is 3.37. The fourth-order valence-electron chi connectivity index (χ4n) is 2.38. The molecule has 1 aliphatic rings. The van der Waals surface area contributed by atoms with Crippen LogP contribution in [0.4, 0.5) is 0 Å². The van der Waals surface area contributed by atoms with Gasteiger partial charge in [0, 0.05) is 24.9 Å². The Kier molecular flexibility index (Phi) is 2.00. The van der Waals surface area contributed by atoms with E-state index in [1.165, 1.54) is 28.1 Å². The summed E-state index contributed by atoms with van der Waals surface area (Å²) in [5.41, 5.74) is 6.89. The van der Waals surface area contributed by atoms with Crippen LogP contribution in [0.2, 0.25) is 0 Å². The normalized spacial score (nSPS) is 13.8. The molecular formula is C15H15N. The Hall–Kier alpha value is -1.76. The van der Waals surface area contributed by atoms with Crippen molar-refractivity contribution in [2.24, 2.45) is 7.05 Å². The van der Waals surface area contributed by atoms with E-state index in [4.69, 9.17) is 0 Å². The third-order valence-corrected chi connectivity index (χ3v) is 3.47. The highest BCUT2D eigenvalue weighted by Gasteiger charge is 2.15. The molecule has 0 bridgehead atoms. The molecule has 0 saturated heterocycles. The van der Waals surface area contributed by atoms with Crippen LogP contribution in [0.25, 0.3) is 11.6 Å². The number of aromatic nitrogens is 1. The van der Waals surface area contributed by atoms with Crippen molar-refractivity contribution in [3.63, 3.8) is 0 Å². The lowest BCUT2D eigenvalue weighted by Crippen LogP contribution is -1.97. The summed E-state index contributed by atoms with van der Waals surface area (Å²) in [5, 5.41) is 0. The van der Waals surface area contributed by atoms with Crippen molar-refractivity contribution in [1.82, 2.24) is 4.57 Å². The molecule has 1 aromatic heterocycles. The quantitative estimate of drug-likeness (QED) is 0.678. The summed E-state index contributed by atoms with van der Waals surface area (Å²) in [6.45, 7) is 2.14. The predicted octanol–water partition coefficient (Wildman–Crippen LogP) is 3.43. The zero-order valence-corrected chi connectivity index (χ0v) is 9.70. The van der Waals surface area contributed by atoms with Crippen LogP contribution in [0.15, 0.2) is 36.4 Å². The average molecular weight is 209 g/mol. The Morgan fingerprint density at radius 2 is 1.88 bits per heavy atom. The van der Waals surface area contributed by atoms with Crippen LogP contribution in [0.3, 0.4) is 0 Å². The van der Waals surface area contributed by atoms with Gasteiger partial charge in [0.05, 0.1) is 0 Å². The van der Waals surface area contributed by atoms with Gasteiger partial charge >= 0.3 is 0 Å². The van der Waals surface area contributed by atoms with Crippen molar-refractivity contribution in [3.05, 3.63) is 58.9 Å². The molecule has 0 amide bonds. The SMILES string of the molecule is Cc1ccc(C2=Cc3ccccc3C2)n1C. The molecule has 80 valence electrons. The summed E-state index contributed by atoms with van der Waals surface area (Å²) in [7, 11) is 2.13. The van der Waals surface area contributed by atoms with Crippen molar-refractivity contribution in [3.8, 4) is 0 Å². The lowest BCUT2D eigenvalue weighted by Gasteiger charge is -2.05. The van der Waals surface area contributed by atoms with Crippen LogP contribution < -0.4 is 0 Å². The highest BCUT2D eigenvalue weighted by Crippen LogP contribution is 2.31. The van der Waals surface area contributed by atoms with E-state index in [0.717, 1.165) is 6.42 Å². The molecule has 0 unspecified atom stereocenters. The first kappa shape index (κ1) is 9.46. The van der Waals surface area contributed by atoms with Crippen molar-refractivity contribution >= 4 is 11.6 Å². The summed E-state index contributed by atoms with van der Waals surface area (Å²) < 4.78 is 2.26. The Labute approximate surface area is 96.0 Å². The second kappa shape index (κ2) is 3.38. The third-order valence-electron chi connectivity index (χ3n) is 3.47. The number of nitrogens with zero attached hydrogens (tertiary/aromatic N) is 1. The standard InChI is InChI=1S/C15H15N/c1-11-7-8-15(16(11)2)14-9-12-5-3-4-6-13(12)10-14/h3-9H,10H2,1-2H3. The maximum Gasteiger partial charge on any atom is 0.0442 e. The molecule has 1 heteroatoms. The molecule has 1 nitrogen and oxygen atoms in total. The van der Waals surface area contributed by atoms with E-state index in [2.05, 4.69) is 61.0 Å². The van der Waals surface area contributed by atoms with E-state index >= 15 is 0 Å². The molecule has 16 heavy (non-hydrogen) atoms. The Balaban J connectivity index is 2.05. The van der Waals surface area contributed by atoms with Gasteiger partial charge in [-0.25, -0.2) is 0 Å². The molecule has 0 fully saturated rings. The lowest BCUT2D eigenvalue weighted by atomic mass is 10.1. The molecule has 0 radical (unpaired) electrons. The predicted molar refractivity (Wildman–Crippen MR) is 68.2 cm³/mol. The Morgan fingerprint density at radius 1 is 1.06 bits per heavy atom. The first-order valence-electron chi connectivity index (χ1n) is 5.67. The molecule has 1 heterocycles. The molecule has 0 aliphatic heterocycles. The van der Waals surface area contributed by atoms with E-state index in [1.54, 1.807) is 0 Å². The van der Waals surface area contributed by atoms with Gasteiger partial charge in [0.15, 0.2) is 0 Å². The Bertz CT molecular complexity index is 573. The summed E-state index contributed by atoms with van der Waals surface area (Å²) in [5.74, 6) is 0. The van der Waals surface area contributed by atoms with Gasteiger partial charge in [-0.2, -0.15) is 0 Å². The maximum absolute atomic E-state index is 2.31. The van der Waals surface area contributed by atoms with Crippen molar-refractivity contribution in [2.45, 2.75) is 13.3 Å². The van der Waals surface area contributed by atoms with Crippen LogP contribution >= 0.6 is 0 Å². The molecule has 0 atom stereocenters. The van der Waals surface area contributed by atoms with E-state index < -0.39 is 0 Å². The van der Waals surface area contributed by atoms with Gasteiger partial charge in [-0.15, -0.1) is 0 Å². The van der Waals surface area contributed by atoms with Gasteiger partial charge in [-0.1, -0.05) is 24.3 Å². The molecule has 0 spiro atoms. The fourth-order valence-corrected chi connectivity index (χ4v) is 2.38. The molecule has 0 saturated carbocycles. The van der Waals surface area contributed by atoms with Crippen LogP contribution in [0.5, 0.6) is 0 Å². The van der Waals surface area contributed by atoms with E-state index in [-0.39, 0.29) is 0 Å². The lowest BCUT2D eigenvalue weighted by molar-refractivity contribution is 0.864. The van der Waals surface area contributed by atoms with Crippen LogP contribution in [0, 0.1) is 6.92 Å². The molecule has 2 aromatic rings. The van der Waals surface area contributed by atoms with Crippen LogP contribution in [0.1, 0.15) is 22.5 Å². The number of hydrogen-bond acceptors (Lipinski definition) is 0. The largest absolute Gasteiger partial charge is 0.348 e. The molecule has 1 aromatic carbocycles. The number of allylic oxidation sites excluding steroid dienone is 1. The van der Waals surface area contributed by atoms with Gasteiger partial charge in [0.25, 0.3) is 0 Å². The minimum absolute atomic E-state index is 1.06. The van der Waals surface area contributed by atoms with E-state index in [9.17, 15) is 0 Å². The zero-order valence-electron chi connectivity index (χ0n) is 9.70. The smallest absolute Gasteiger partial charge is 0.0442 e. The Morgan fingerprint density at radius 3 is 2.56 bits per heavy atom.